The topological polar surface area (TPSA) is 120 Å². The molecule has 0 saturated heterocycles. The number of benzene rings is 2. The number of carbonyl (C=O) groups is 3. The number of fused-ring (bicyclic) bond motifs is 2. The van der Waals surface area contributed by atoms with Gasteiger partial charge in [0.2, 0.25) is 11.1 Å². The van der Waals surface area contributed by atoms with Crippen LogP contribution in [-0.4, -0.2) is 38.1 Å². The van der Waals surface area contributed by atoms with Gasteiger partial charge in [0.1, 0.15) is 6.33 Å². The van der Waals surface area contributed by atoms with Gasteiger partial charge in [0.05, 0.1) is 5.75 Å². The normalized spacial score (nSPS) is 12.4. The summed E-state index contributed by atoms with van der Waals surface area (Å²) in [6, 6.07) is 11.4. The van der Waals surface area contributed by atoms with Crippen molar-refractivity contribution in [3.63, 3.8) is 0 Å². The van der Waals surface area contributed by atoms with E-state index in [9.17, 15) is 14.4 Å². The molecule has 0 atom stereocenters. The van der Waals surface area contributed by atoms with Gasteiger partial charge in [-0.1, -0.05) is 36.0 Å². The fourth-order valence-electron chi connectivity index (χ4n) is 2.84. The lowest BCUT2D eigenvalue weighted by atomic mass is 9.84. The van der Waals surface area contributed by atoms with E-state index in [0.717, 1.165) is 11.8 Å². The number of hydrogen-bond donors (Lipinski definition) is 2. The first kappa shape index (κ1) is 17.0. The molecule has 3 aromatic rings. The lowest BCUT2D eigenvalue weighted by molar-refractivity contribution is -0.113. The largest absolute Gasteiger partial charge is 0.336 e. The van der Waals surface area contributed by atoms with Gasteiger partial charge in [-0.25, -0.2) is 4.68 Å². The minimum absolute atomic E-state index is 0.0721. The summed E-state index contributed by atoms with van der Waals surface area (Å²) in [6.45, 7) is 0. The van der Waals surface area contributed by atoms with Crippen molar-refractivity contribution >= 4 is 34.9 Å². The molecule has 0 spiro atoms. The zero-order chi connectivity index (χ0) is 19.0. The molecule has 8 nitrogen and oxygen atoms in total. The van der Waals surface area contributed by atoms with Crippen LogP contribution in [0.3, 0.4) is 0 Å². The van der Waals surface area contributed by atoms with Gasteiger partial charge in [-0.05, 0) is 18.2 Å². The Balaban J connectivity index is 1.53. The molecule has 0 radical (unpaired) electrons. The Morgan fingerprint density at radius 2 is 1.70 bits per heavy atom. The fraction of sp³-hybridized carbons (Fsp3) is 0.0556. The van der Waals surface area contributed by atoms with Crippen LogP contribution in [0.15, 0.2) is 53.9 Å². The third-order valence-corrected chi connectivity index (χ3v) is 5.04. The van der Waals surface area contributed by atoms with E-state index in [1.54, 1.807) is 36.4 Å². The van der Waals surface area contributed by atoms with Gasteiger partial charge < -0.3 is 11.2 Å². The number of amides is 1. The van der Waals surface area contributed by atoms with E-state index in [4.69, 9.17) is 5.84 Å². The summed E-state index contributed by atoms with van der Waals surface area (Å²) in [5, 5.41) is 10.5. The van der Waals surface area contributed by atoms with E-state index >= 15 is 0 Å². The van der Waals surface area contributed by atoms with Gasteiger partial charge >= 0.3 is 0 Å². The van der Waals surface area contributed by atoms with Crippen molar-refractivity contribution < 1.29 is 14.4 Å². The number of nitrogens with two attached hydrogens (primary N) is 1. The summed E-state index contributed by atoms with van der Waals surface area (Å²) in [7, 11) is 0. The number of hydrogen-bond acceptors (Lipinski definition) is 7. The highest BCUT2D eigenvalue weighted by Gasteiger charge is 2.29. The van der Waals surface area contributed by atoms with E-state index in [0.29, 0.717) is 27.5 Å². The van der Waals surface area contributed by atoms with E-state index in [1.807, 2.05) is 0 Å². The monoisotopic (exact) mass is 379 g/mol. The lowest BCUT2D eigenvalue weighted by Gasteiger charge is -2.18. The van der Waals surface area contributed by atoms with Gasteiger partial charge in [-0.3, -0.25) is 14.4 Å². The van der Waals surface area contributed by atoms with E-state index in [1.165, 1.54) is 17.1 Å². The quantitative estimate of drug-likeness (QED) is 0.407. The molecule has 4 rings (SSSR count). The number of anilines is 1. The Morgan fingerprint density at radius 1 is 1.04 bits per heavy atom. The molecule has 2 aromatic carbocycles. The summed E-state index contributed by atoms with van der Waals surface area (Å²) in [4.78, 5) is 37.4. The number of carbonyl (C=O) groups excluding carboxylic acids is 3. The molecule has 0 aliphatic heterocycles. The molecule has 1 amide bonds. The van der Waals surface area contributed by atoms with Crippen LogP contribution >= 0.6 is 11.8 Å². The third kappa shape index (κ3) is 3.08. The van der Waals surface area contributed by atoms with Crippen LogP contribution in [-0.2, 0) is 4.79 Å². The number of nitrogens with one attached hydrogen (secondary N) is 1. The maximum atomic E-state index is 12.7. The minimum Gasteiger partial charge on any atom is -0.336 e. The van der Waals surface area contributed by atoms with Crippen molar-refractivity contribution in [2.24, 2.45) is 0 Å². The minimum atomic E-state index is -0.294. The lowest BCUT2D eigenvalue weighted by Crippen LogP contribution is -2.21. The number of aromatic nitrogens is 3. The first-order chi connectivity index (χ1) is 13.0. The molecule has 0 unspecified atom stereocenters. The Hall–Kier alpha value is -3.46. The Labute approximate surface area is 157 Å². The van der Waals surface area contributed by atoms with Crippen molar-refractivity contribution in [2.45, 2.75) is 5.16 Å². The molecule has 3 N–H and O–H groups in total. The highest BCUT2D eigenvalue weighted by molar-refractivity contribution is 7.99. The van der Waals surface area contributed by atoms with Crippen LogP contribution in [0.2, 0.25) is 0 Å². The van der Waals surface area contributed by atoms with Crippen molar-refractivity contribution in [1.29, 1.82) is 0 Å². The highest BCUT2D eigenvalue weighted by atomic mass is 32.2. The van der Waals surface area contributed by atoms with Crippen LogP contribution in [0.1, 0.15) is 31.8 Å². The van der Waals surface area contributed by atoms with Crippen LogP contribution < -0.4 is 11.2 Å². The van der Waals surface area contributed by atoms with Gasteiger partial charge in [0.25, 0.3) is 0 Å². The van der Waals surface area contributed by atoms with E-state index in [2.05, 4.69) is 15.5 Å². The predicted octanol–water partition coefficient (Wildman–Crippen LogP) is 1.50. The fourth-order valence-corrected chi connectivity index (χ4v) is 3.47. The Bertz CT molecular complexity index is 1090. The van der Waals surface area contributed by atoms with Crippen LogP contribution in [0.4, 0.5) is 5.69 Å². The van der Waals surface area contributed by atoms with E-state index < -0.39 is 0 Å². The Kier molecular flexibility index (Phi) is 4.21. The standard InChI is InChI=1S/C18H13N5O3S/c19-23-9-20-22-18(23)27-8-15(24)21-10-5-6-13-14(7-10)17(26)12-4-2-1-3-11(12)16(13)25/h1-7,9H,8,19H2,(H,21,24). The van der Waals surface area contributed by atoms with Gasteiger partial charge in [-0.15, -0.1) is 10.2 Å². The van der Waals surface area contributed by atoms with Gasteiger partial charge in [0, 0.05) is 27.9 Å². The summed E-state index contributed by atoms with van der Waals surface area (Å²) in [6.07, 6.45) is 1.34. The summed E-state index contributed by atoms with van der Waals surface area (Å²) in [5.74, 6) is 4.94. The molecular weight excluding hydrogens is 366 g/mol. The summed E-state index contributed by atoms with van der Waals surface area (Å²) >= 11 is 1.13. The van der Waals surface area contributed by atoms with Gasteiger partial charge in [-0.2, -0.15) is 0 Å². The molecule has 1 aromatic heterocycles. The second-order valence-corrected chi connectivity index (χ2v) is 6.76. The molecule has 1 aliphatic rings. The first-order valence-electron chi connectivity index (χ1n) is 7.95. The molecule has 27 heavy (non-hydrogen) atoms. The number of thioether (sulfide) groups is 1. The number of ketones is 2. The van der Waals surface area contributed by atoms with Crippen molar-refractivity contribution in [2.75, 3.05) is 16.9 Å². The second-order valence-electron chi connectivity index (χ2n) is 5.82. The molecule has 1 aliphatic carbocycles. The van der Waals surface area contributed by atoms with E-state index in [-0.39, 0.29) is 28.8 Å². The number of rotatable bonds is 4. The van der Waals surface area contributed by atoms with Crippen LogP contribution in [0.5, 0.6) is 0 Å². The summed E-state index contributed by atoms with van der Waals surface area (Å²) < 4.78 is 1.22. The van der Waals surface area contributed by atoms with Gasteiger partial charge in [0.15, 0.2) is 11.6 Å². The molecule has 0 saturated carbocycles. The average molecular weight is 379 g/mol. The number of nitrogen functional groups attached to an aromatic ring is 1. The molecular formula is C18H13N5O3S. The van der Waals surface area contributed by atoms with Crippen LogP contribution in [0.25, 0.3) is 0 Å². The maximum absolute atomic E-state index is 12.7. The molecule has 9 heteroatoms. The van der Waals surface area contributed by atoms with Crippen molar-refractivity contribution in [3.8, 4) is 0 Å². The molecule has 1 heterocycles. The molecule has 0 bridgehead atoms. The molecule has 0 fully saturated rings. The SMILES string of the molecule is Nn1cnnc1SCC(=O)Nc1ccc2c(c1)C(=O)c1ccccc1C2=O. The zero-order valence-electron chi connectivity index (χ0n) is 13.9. The third-order valence-electron chi connectivity index (χ3n) is 4.08. The maximum Gasteiger partial charge on any atom is 0.234 e. The Morgan fingerprint density at radius 3 is 2.37 bits per heavy atom. The second kappa shape index (κ2) is 6.69. The van der Waals surface area contributed by atoms with Crippen molar-refractivity contribution in [3.05, 3.63) is 71.0 Å². The average Bonchev–Trinajstić information content (AvgIpc) is 3.09. The number of nitrogens with zero attached hydrogens (tertiary/aromatic N) is 3. The zero-order valence-corrected chi connectivity index (χ0v) is 14.7. The predicted molar refractivity (Wildman–Crippen MR) is 99.3 cm³/mol. The smallest absolute Gasteiger partial charge is 0.234 e. The highest BCUT2D eigenvalue weighted by Crippen LogP contribution is 2.29. The van der Waals surface area contributed by atoms with Crippen LogP contribution in [0, 0.1) is 0 Å². The summed E-state index contributed by atoms with van der Waals surface area (Å²) in [5.41, 5.74) is 1.83. The van der Waals surface area contributed by atoms with Crippen molar-refractivity contribution in [1.82, 2.24) is 14.9 Å². The molecule has 134 valence electrons. The first-order valence-corrected chi connectivity index (χ1v) is 8.93.